The predicted molar refractivity (Wildman–Crippen MR) is 318 cm³/mol. The maximum atomic E-state index is 15.1. The van der Waals surface area contributed by atoms with Crippen molar-refractivity contribution < 1.29 is 66.1 Å². The van der Waals surface area contributed by atoms with Gasteiger partial charge in [0, 0.05) is 75.8 Å². The van der Waals surface area contributed by atoms with Gasteiger partial charge in [0.25, 0.3) is 5.91 Å². The molecule has 4 aromatic rings. The Labute approximate surface area is 504 Å². The number of amides is 8. The highest BCUT2D eigenvalue weighted by atomic mass is 19.1. The van der Waals surface area contributed by atoms with Crippen LogP contribution in [0, 0.1) is 23.4 Å². The van der Waals surface area contributed by atoms with Gasteiger partial charge >= 0.3 is 12.2 Å². The molecule has 21 nitrogen and oxygen atoms in total. The molecule has 4 aliphatic heterocycles. The van der Waals surface area contributed by atoms with Crippen LogP contribution in [0.25, 0.3) is 0 Å². The monoisotopic (exact) mass is 1210 g/mol. The molecule has 0 spiro atoms. The van der Waals surface area contributed by atoms with Gasteiger partial charge in [-0.1, -0.05) is 56.7 Å². The second-order valence-electron chi connectivity index (χ2n) is 24.5. The van der Waals surface area contributed by atoms with Crippen molar-refractivity contribution in [1.29, 1.82) is 0 Å². The zero-order chi connectivity index (χ0) is 63.4. The van der Waals surface area contributed by atoms with E-state index in [1.807, 2.05) is 24.0 Å². The molecule has 0 radical (unpaired) electrons. The van der Waals surface area contributed by atoms with E-state index in [9.17, 15) is 47.9 Å². The van der Waals surface area contributed by atoms with Crippen LogP contribution in [0.15, 0.2) is 78.9 Å². The molecule has 4 aliphatic rings. The number of hydrogen-bond acceptors (Lipinski definition) is 12. The fourth-order valence-corrected chi connectivity index (χ4v) is 11.6. The van der Waals surface area contributed by atoms with Gasteiger partial charge < -0.3 is 50.5 Å². The van der Waals surface area contributed by atoms with Crippen LogP contribution in [0.3, 0.4) is 0 Å². The molecule has 468 valence electrons. The molecule has 4 aromatic carbocycles. The number of carbonyl (C=O) groups is 8. The third-order valence-electron chi connectivity index (χ3n) is 17.0. The van der Waals surface area contributed by atoms with Crippen LogP contribution >= 0.6 is 0 Å². The number of rotatable bonds is 18. The van der Waals surface area contributed by atoms with Gasteiger partial charge in [-0.2, -0.15) is 0 Å². The minimum atomic E-state index is -1.56. The summed E-state index contributed by atoms with van der Waals surface area (Å²) in [4.78, 5) is 121. The number of para-hydroxylation sites is 1. The first kappa shape index (κ1) is 64.9. The third kappa shape index (κ3) is 14.8. The average molecular weight is 1210 g/mol. The van der Waals surface area contributed by atoms with E-state index in [-0.39, 0.29) is 62.0 Å². The molecular weight excluding hydrogens is 1130 g/mol. The number of morpholine rings is 1. The lowest BCUT2D eigenvalue weighted by Gasteiger charge is -2.47. The molecule has 8 atom stereocenters. The van der Waals surface area contributed by atoms with Crippen molar-refractivity contribution in [3.8, 4) is 0 Å². The fourth-order valence-electron chi connectivity index (χ4n) is 11.6. The van der Waals surface area contributed by atoms with Crippen molar-refractivity contribution in [3.05, 3.63) is 124 Å². The highest BCUT2D eigenvalue weighted by Crippen LogP contribution is 2.43. The number of piperazine rings is 1. The minimum absolute atomic E-state index is 0.0682. The van der Waals surface area contributed by atoms with E-state index in [4.69, 9.17) is 9.47 Å². The summed E-state index contributed by atoms with van der Waals surface area (Å²) in [6, 6.07) is 14.4. The van der Waals surface area contributed by atoms with Crippen LogP contribution in [-0.4, -0.2) is 179 Å². The minimum Gasteiger partial charge on any atom is -0.465 e. The van der Waals surface area contributed by atoms with Crippen LogP contribution in [0.1, 0.15) is 103 Å². The van der Waals surface area contributed by atoms with Crippen LogP contribution in [0.5, 0.6) is 0 Å². The van der Waals surface area contributed by atoms with Gasteiger partial charge in [-0.05, 0) is 131 Å². The Kier molecular flexibility index (Phi) is 20.1. The first-order valence-corrected chi connectivity index (χ1v) is 29.3. The number of ether oxygens (including phenoxy) is 2. The molecule has 8 rings (SSSR count). The smallest absolute Gasteiger partial charge is 0.410 e. The number of nitrogens with zero attached hydrogens (tertiary/aromatic N) is 6. The van der Waals surface area contributed by atoms with Crippen molar-refractivity contribution in [2.24, 2.45) is 5.92 Å². The highest BCUT2D eigenvalue weighted by Gasteiger charge is 2.49. The summed E-state index contributed by atoms with van der Waals surface area (Å²) in [5.41, 5.74) is 0.285. The number of carboxylic acid groups (broad SMARTS) is 1. The molecule has 4 heterocycles. The second kappa shape index (κ2) is 26.9. The largest absolute Gasteiger partial charge is 0.465 e. The van der Waals surface area contributed by atoms with E-state index in [1.165, 1.54) is 48.0 Å². The molecule has 24 heteroatoms. The molecular formula is C63H79F3N10O11. The van der Waals surface area contributed by atoms with Gasteiger partial charge in [0.15, 0.2) is 0 Å². The van der Waals surface area contributed by atoms with Crippen LogP contribution < -0.4 is 26.2 Å². The summed E-state index contributed by atoms with van der Waals surface area (Å²) in [6.45, 7) is 17.2. The maximum Gasteiger partial charge on any atom is 0.410 e. The number of nitrogens with one attached hydrogen (secondary N) is 4. The lowest BCUT2D eigenvalue weighted by molar-refractivity contribution is -0.143. The Morgan fingerprint density at radius 1 is 0.862 bits per heavy atom. The number of halogens is 3. The van der Waals surface area contributed by atoms with E-state index in [0.29, 0.717) is 56.0 Å². The standard InChI is InChI=1S/C63H79F3N10O11/c1-11-36(2)53(69-56(79)39(5)71(10)61(85)87-62(6,7)8)58(81)75-30-42-18-21-44(27-46(42)55(75)57(80)70-54-48(65)13-12-14-49(54)66)68-51(77)28-67-59(82)63(9)35-76(50-26-41(17-22-47(50)63)25-40-15-19-43(64)20-16-40)52(78)33-73-29-37(3)74(60(83)84)32-45(73)31-72-23-24-86-34-38(72)4/h12-22,26-27,36-39,45,53,55H,11,23-25,28-35H2,1-10H3,(H,67,82)(H,68,77)(H,69,79)(H,70,80)(H,83,84)/t36-,37+,38+,39-,45-,53-,55-,63+/m0/s1. The number of carbonyl (C=O) groups excluding carboxylic acids is 7. The summed E-state index contributed by atoms with van der Waals surface area (Å²) < 4.78 is 55.3. The molecule has 0 saturated carbocycles. The molecule has 87 heavy (non-hydrogen) atoms. The molecule has 0 aromatic heterocycles. The van der Waals surface area contributed by atoms with E-state index in [0.717, 1.165) is 34.2 Å². The summed E-state index contributed by atoms with van der Waals surface area (Å²) >= 11 is 0. The van der Waals surface area contributed by atoms with Crippen LogP contribution in [0.2, 0.25) is 0 Å². The van der Waals surface area contributed by atoms with Gasteiger partial charge in [-0.25, -0.2) is 22.8 Å². The summed E-state index contributed by atoms with van der Waals surface area (Å²) in [5.74, 6) is -7.13. The number of anilines is 3. The Balaban J connectivity index is 1.02. The van der Waals surface area contributed by atoms with Gasteiger partial charge in [-0.15, -0.1) is 0 Å². The van der Waals surface area contributed by atoms with Gasteiger partial charge in [0.2, 0.25) is 29.5 Å². The van der Waals surface area contributed by atoms with Gasteiger partial charge in [0.1, 0.15) is 46.9 Å². The average Bonchev–Trinajstić information content (AvgIpc) is 2.74. The number of benzene rings is 4. The number of likely N-dealkylation sites (N-methyl/N-ethyl adjacent to an activating group) is 1. The highest BCUT2D eigenvalue weighted by molar-refractivity contribution is 6.05. The Bertz CT molecular complexity index is 3250. The van der Waals surface area contributed by atoms with E-state index in [1.54, 1.807) is 77.6 Å². The Morgan fingerprint density at radius 3 is 2.21 bits per heavy atom. The number of fused-ring (bicyclic) bond motifs is 2. The Morgan fingerprint density at radius 2 is 1.55 bits per heavy atom. The summed E-state index contributed by atoms with van der Waals surface area (Å²) in [7, 11) is 1.38. The molecule has 0 aliphatic carbocycles. The Hall–Kier alpha value is -8.09. The molecule has 5 N–H and O–H groups in total. The van der Waals surface area contributed by atoms with Crippen LogP contribution in [0.4, 0.5) is 39.8 Å². The lowest BCUT2D eigenvalue weighted by atomic mass is 9.83. The van der Waals surface area contributed by atoms with Crippen molar-refractivity contribution in [2.75, 3.05) is 81.6 Å². The molecule has 0 unspecified atom stereocenters. The van der Waals surface area contributed by atoms with E-state index in [2.05, 4.69) is 26.2 Å². The van der Waals surface area contributed by atoms with Gasteiger partial charge in [0.05, 0.1) is 31.7 Å². The number of hydrogen-bond donors (Lipinski definition) is 5. The zero-order valence-corrected chi connectivity index (χ0v) is 50.9. The lowest BCUT2D eigenvalue weighted by Crippen LogP contribution is -2.64. The molecule has 2 saturated heterocycles. The quantitative estimate of drug-likeness (QED) is 0.0703. The SMILES string of the molecule is CC[C@H](C)[C@H](NC(=O)[C@H](C)N(C)C(=O)OC(C)(C)C)C(=O)N1Cc2ccc(NC(=O)CNC(=O)[C@]3(C)CN(C(=O)CN4C[C@@H](C)N(C(=O)O)C[C@@H]4CN4CCOC[C@H]4C)c4cc(Cc5ccc(F)cc5)ccc43)cc2[C@H]1C(=O)Nc1c(F)cccc1F. The van der Waals surface area contributed by atoms with E-state index < -0.39 is 113 Å². The fraction of sp³-hybridized carbons (Fsp3) is 0.492. The maximum absolute atomic E-state index is 15.1. The van der Waals surface area contributed by atoms with Crippen molar-refractivity contribution >= 4 is 64.7 Å². The van der Waals surface area contributed by atoms with Crippen molar-refractivity contribution in [3.63, 3.8) is 0 Å². The molecule has 0 bridgehead atoms. The van der Waals surface area contributed by atoms with Crippen molar-refractivity contribution in [2.45, 2.75) is 129 Å². The zero-order valence-electron chi connectivity index (χ0n) is 50.9. The predicted octanol–water partition coefficient (Wildman–Crippen LogP) is 6.64. The summed E-state index contributed by atoms with van der Waals surface area (Å²) in [5, 5.41) is 20.7. The first-order valence-electron chi connectivity index (χ1n) is 29.3. The molecule has 2 fully saturated rings. The van der Waals surface area contributed by atoms with Gasteiger partial charge in [-0.3, -0.25) is 43.5 Å². The second-order valence-corrected chi connectivity index (χ2v) is 24.5. The van der Waals surface area contributed by atoms with Crippen molar-refractivity contribution in [1.82, 2.24) is 35.1 Å². The summed E-state index contributed by atoms with van der Waals surface area (Å²) in [6.07, 6.45) is -1.07. The third-order valence-corrected chi connectivity index (χ3v) is 17.0. The van der Waals surface area contributed by atoms with E-state index >= 15 is 8.78 Å². The first-order chi connectivity index (χ1) is 41.1. The molecule has 8 amide bonds. The normalized spacial score (nSPS) is 21.4. The topological polar surface area (TPSA) is 243 Å². The van der Waals surface area contributed by atoms with Crippen LogP contribution in [-0.2, 0) is 56.6 Å².